The van der Waals surface area contributed by atoms with Gasteiger partial charge >= 0.3 is 0 Å². The highest BCUT2D eigenvalue weighted by Gasteiger charge is 2.13. The summed E-state index contributed by atoms with van der Waals surface area (Å²) in [6.07, 6.45) is 1.76. The molecule has 0 saturated heterocycles. The van der Waals surface area contributed by atoms with E-state index in [1.165, 1.54) is 10.8 Å². The normalized spacial score (nSPS) is 11.9. The Labute approximate surface area is 176 Å². The summed E-state index contributed by atoms with van der Waals surface area (Å²) in [4.78, 5) is 22.5. The first-order chi connectivity index (χ1) is 15.3. The molecule has 5 heteroatoms. The minimum Gasteiger partial charge on any atom is -0.351 e. The lowest BCUT2D eigenvalue weighted by molar-refractivity contribution is 1.24. The van der Waals surface area contributed by atoms with Crippen molar-refractivity contribution in [2.24, 2.45) is 0 Å². The van der Waals surface area contributed by atoms with Crippen LogP contribution in [0.25, 0.3) is 66.2 Å². The molecule has 31 heavy (non-hydrogen) atoms. The Hall–Kier alpha value is -4.38. The van der Waals surface area contributed by atoms with Gasteiger partial charge < -0.3 is 4.98 Å². The van der Waals surface area contributed by atoms with Crippen LogP contribution in [0, 0.1) is 0 Å². The molecule has 0 radical (unpaired) electrons. The molecule has 5 nitrogen and oxygen atoms in total. The largest absolute Gasteiger partial charge is 0.351 e. The second-order valence-electron chi connectivity index (χ2n) is 7.67. The van der Waals surface area contributed by atoms with Gasteiger partial charge in [-0.3, -0.25) is 4.98 Å². The number of aromatic nitrogens is 5. The molecule has 7 rings (SSSR count). The predicted molar refractivity (Wildman–Crippen MR) is 125 cm³/mol. The summed E-state index contributed by atoms with van der Waals surface area (Å²) in [5.74, 6) is 0.631. The van der Waals surface area contributed by atoms with Gasteiger partial charge in [0.15, 0.2) is 5.82 Å². The van der Waals surface area contributed by atoms with Crippen LogP contribution in [0.15, 0.2) is 85.1 Å². The first-order valence-corrected chi connectivity index (χ1v) is 10.2. The predicted octanol–water partition coefficient (Wildman–Crippen LogP) is 6.03. The van der Waals surface area contributed by atoms with Crippen molar-refractivity contribution >= 4 is 54.6 Å². The van der Waals surface area contributed by atoms with E-state index in [2.05, 4.69) is 58.5 Å². The van der Waals surface area contributed by atoms with Crippen molar-refractivity contribution in [3.8, 4) is 11.5 Å². The molecule has 0 unspecified atom stereocenters. The maximum absolute atomic E-state index is 5.07. The number of fused-ring (bicyclic) bond motifs is 8. The molecule has 1 N–H and O–H groups in total. The smallest absolute Gasteiger partial charge is 0.179 e. The molecule has 7 aromatic rings. The summed E-state index contributed by atoms with van der Waals surface area (Å²) in [5.41, 5.74) is 6.22. The van der Waals surface area contributed by atoms with Crippen molar-refractivity contribution < 1.29 is 0 Å². The first kappa shape index (κ1) is 16.4. The number of hydrogen-bond acceptors (Lipinski definition) is 4. The second-order valence-corrected chi connectivity index (χ2v) is 7.67. The van der Waals surface area contributed by atoms with Gasteiger partial charge in [0.05, 0.1) is 33.1 Å². The number of rotatable bonds is 1. The Morgan fingerprint density at radius 1 is 0.581 bits per heavy atom. The molecule has 3 aromatic heterocycles. The lowest BCUT2D eigenvalue weighted by atomic mass is 9.99. The van der Waals surface area contributed by atoms with E-state index in [0.717, 1.165) is 49.6 Å². The number of benzene rings is 4. The third-order valence-electron chi connectivity index (χ3n) is 5.84. The van der Waals surface area contributed by atoms with Gasteiger partial charge in [0.25, 0.3) is 0 Å². The van der Waals surface area contributed by atoms with Crippen molar-refractivity contribution in [2.45, 2.75) is 0 Å². The average molecular weight is 397 g/mol. The highest BCUT2D eigenvalue weighted by molar-refractivity contribution is 6.23. The molecule has 0 aliphatic rings. The summed E-state index contributed by atoms with van der Waals surface area (Å²) >= 11 is 0. The van der Waals surface area contributed by atoms with Crippen LogP contribution in [0.4, 0.5) is 0 Å². The summed E-state index contributed by atoms with van der Waals surface area (Å²) < 4.78 is 0. The van der Waals surface area contributed by atoms with Gasteiger partial charge in [-0.2, -0.15) is 0 Å². The van der Waals surface area contributed by atoms with Crippen LogP contribution in [0.1, 0.15) is 0 Å². The Kier molecular flexibility index (Phi) is 3.21. The molecule has 0 amide bonds. The summed E-state index contributed by atoms with van der Waals surface area (Å²) in [5, 5.41) is 4.72. The van der Waals surface area contributed by atoms with E-state index in [-0.39, 0.29) is 0 Å². The van der Waals surface area contributed by atoms with E-state index in [0.29, 0.717) is 5.82 Å². The number of aromatic amines is 1. The second kappa shape index (κ2) is 6.06. The number of nitrogens with one attached hydrogen (secondary N) is 1. The van der Waals surface area contributed by atoms with Crippen LogP contribution < -0.4 is 0 Å². The van der Waals surface area contributed by atoms with Gasteiger partial charge in [0, 0.05) is 17.0 Å². The van der Waals surface area contributed by atoms with E-state index < -0.39 is 0 Å². The van der Waals surface area contributed by atoms with E-state index >= 15 is 0 Å². The Morgan fingerprint density at radius 3 is 2.03 bits per heavy atom. The van der Waals surface area contributed by atoms with Crippen molar-refractivity contribution in [3.05, 3.63) is 85.1 Å². The molecule has 0 saturated carbocycles. The van der Waals surface area contributed by atoms with Crippen LogP contribution in [0.3, 0.4) is 0 Å². The lowest BCUT2D eigenvalue weighted by Crippen LogP contribution is -1.91. The number of H-pyrrole nitrogens is 1. The number of imidazole rings is 1. The van der Waals surface area contributed by atoms with Crippen LogP contribution in [0.5, 0.6) is 0 Å². The minimum atomic E-state index is 0.631. The monoisotopic (exact) mass is 397 g/mol. The number of nitrogens with zero attached hydrogens (tertiary/aromatic N) is 4. The average Bonchev–Trinajstić information content (AvgIpc) is 3.25. The van der Waals surface area contributed by atoms with Gasteiger partial charge in [0.1, 0.15) is 5.69 Å². The fourth-order valence-corrected chi connectivity index (χ4v) is 4.42. The fourth-order valence-electron chi connectivity index (χ4n) is 4.42. The molecular weight excluding hydrogens is 382 g/mol. The molecule has 144 valence electrons. The van der Waals surface area contributed by atoms with Crippen LogP contribution in [-0.2, 0) is 0 Å². The zero-order valence-electron chi connectivity index (χ0n) is 16.4. The van der Waals surface area contributed by atoms with Crippen LogP contribution >= 0.6 is 0 Å². The maximum atomic E-state index is 5.07. The summed E-state index contributed by atoms with van der Waals surface area (Å²) in [7, 11) is 0. The quantitative estimate of drug-likeness (QED) is 0.271. The lowest BCUT2D eigenvalue weighted by Gasteiger charge is -2.11. The van der Waals surface area contributed by atoms with E-state index in [1.807, 2.05) is 30.3 Å². The molecule has 4 aromatic carbocycles. The molecule has 3 heterocycles. The number of pyridine rings is 1. The van der Waals surface area contributed by atoms with Crippen molar-refractivity contribution in [1.82, 2.24) is 24.9 Å². The summed E-state index contributed by atoms with van der Waals surface area (Å²) in [6.45, 7) is 0. The van der Waals surface area contributed by atoms with Gasteiger partial charge in [-0.15, -0.1) is 0 Å². The van der Waals surface area contributed by atoms with Gasteiger partial charge in [-0.25, -0.2) is 15.0 Å². The zero-order valence-corrected chi connectivity index (χ0v) is 16.4. The Morgan fingerprint density at radius 2 is 1.26 bits per heavy atom. The standard InChI is InChI=1S/C26H15N5/c1-3-9-17-15(7-1)16-8-2-4-10-18(16)25-24(17)28-20-13-22-23(14-21(20)29-25)31-26(30-22)19-11-5-6-12-27-19/h1-14,28H. The van der Waals surface area contributed by atoms with E-state index in [1.54, 1.807) is 6.20 Å². The topological polar surface area (TPSA) is 67.3 Å². The van der Waals surface area contributed by atoms with Crippen LogP contribution in [0.2, 0.25) is 0 Å². The third-order valence-corrected chi connectivity index (χ3v) is 5.84. The van der Waals surface area contributed by atoms with Gasteiger partial charge in [-0.05, 0) is 35.0 Å². The minimum absolute atomic E-state index is 0.631. The first-order valence-electron chi connectivity index (χ1n) is 10.2. The molecule has 0 atom stereocenters. The van der Waals surface area contributed by atoms with Crippen molar-refractivity contribution in [2.75, 3.05) is 0 Å². The molecule has 0 bridgehead atoms. The molecular formula is C26H15N5. The summed E-state index contributed by atoms with van der Waals surface area (Å²) in [6, 6.07) is 26.7. The zero-order chi connectivity index (χ0) is 20.4. The maximum Gasteiger partial charge on any atom is 0.179 e. The van der Waals surface area contributed by atoms with E-state index in [9.17, 15) is 0 Å². The van der Waals surface area contributed by atoms with E-state index in [4.69, 9.17) is 15.0 Å². The molecule has 0 fully saturated rings. The highest BCUT2D eigenvalue weighted by atomic mass is 15.0. The molecule has 0 aliphatic heterocycles. The van der Waals surface area contributed by atoms with Crippen molar-refractivity contribution in [3.63, 3.8) is 0 Å². The number of hydrogen-bond donors (Lipinski definition) is 1. The molecule has 0 spiro atoms. The van der Waals surface area contributed by atoms with Gasteiger partial charge in [0.2, 0.25) is 0 Å². The third kappa shape index (κ3) is 2.37. The van der Waals surface area contributed by atoms with Gasteiger partial charge in [-0.1, -0.05) is 54.6 Å². The fraction of sp³-hybridized carbons (Fsp3) is 0. The molecule has 0 aliphatic carbocycles. The Balaban J connectivity index is 1.59. The van der Waals surface area contributed by atoms with Crippen LogP contribution in [-0.4, -0.2) is 24.9 Å². The Bertz CT molecular complexity index is 1670. The van der Waals surface area contributed by atoms with Crippen molar-refractivity contribution in [1.29, 1.82) is 0 Å². The SMILES string of the molecule is c1ccc(-c2nc3cc4nc5c6ccccc6c6ccccc6c5[nH]c4cc3n2)nc1. The highest BCUT2D eigenvalue weighted by Crippen LogP contribution is 2.34.